The van der Waals surface area contributed by atoms with Gasteiger partial charge in [-0.15, -0.1) is 0 Å². The molecule has 0 saturated carbocycles. The standard InChI is InChI=1S/C12H11FN2O2/c1-8(16)12(17)9-6-14-15(7-9)11-4-2-10(13)3-5-11/h2-8,16H,1H3/t8-/m0/s1. The van der Waals surface area contributed by atoms with Gasteiger partial charge in [-0.1, -0.05) is 0 Å². The topological polar surface area (TPSA) is 55.1 Å². The SMILES string of the molecule is C[C@H](O)C(=O)c1cnn(-c2ccc(F)cc2)c1. The molecule has 0 aliphatic carbocycles. The Hall–Kier alpha value is -2.01. The van der Waals surface area contributed by atoms with Gasteiger partial charge >= 0.3 is 0 Å². The Labute approximate surface area is 97.3 Å². The molecular formula is C12H11FN2O2. The molecular weight excluding hydrogens is 223 g/mol. The third kappa shape index (κ3) is 2.39. The van der Waals surface area contributed by atoms with Crippen LogP contribution in [0.4, 0.5) is 4.39 Å². The molecule has 0 radical (unpaired) electrons. The zero-order chi connectivity index (χ0) is 12.4. The van der Waals surface area contributed by atoms with E-state index in [2.05, 4.69) is 5.10 Å². The van der Waals surface area contributed by atoms with Gasteiger partial charge in [0.15, 0.2) is 5.78 Å². The summed E-state index contributed by atoms with van der Waals surface area (Å²) < 4.78 is 14.2. The lowest BCUT2D eigenvalue weighted by Crippen LogP contribution is -2.15. The first-order valence-electron chi connectivity index (χ1n) is 5.11. The Balaban J connectivity index is 2.30. The lowest BCUT2D eigenvalue weighted by atomic mass is 10.1. The van der Waals surface area contributed by atoms with E-state index in [9.17, 15) is 9.18 Å². The van der Waals surface area contributed by atoms with Gasteiger partial charge in [0.2, 0.25) is 0 Å². The van der Waals surface area contributed by atoms with E-state index in [-0.39, 0.29) is 5.82 Å². The fourth-order valence-electron chi connectivity index (χ4n) is 1.43. The zero-order valence-corrected chi connectivity index (χ0v) is 9.17. The molecule has 0 fully saturated rings. The van der Waals surface area contributed by atoms with Gasteiger partial charge in [0.25, 0.3) is 0 Å². The van der Waals surface area contributed by atoms with E-state index >= 15 is 0 Å². The smallest absolute Gasteiger partial charge is 0.194 e. The van der Waals surface area contributed by atoms with Crippen molar-refractivity contribution >= 4 is 5.78 Å². The lowest BCUT2D eigenvalue weighted by molar-refractivity contribution is 0.0779. The fraction of sp³-hybridized carbons (Fsp3) is 0.167. The molecule has 0 bridgehead atoms. The average molecular weight is 234 g/mol. The maximum absolute atomic E-state index is 12.7. The fourth-order valence-corrected chi connectivity index (χ4v) is 1.43. The molecule has 2 aromatic rings. The van der Waals surface area contributed by atoms with Crippen molar-refractivity contribution in [2.24, 2.45) is 0 Å². The molecule has 1 atom stereocenters. The van der Waals surface area contributed by atoms with E-state index < -0.39 is 11.9 Å². The molecule has 5 heteroatoms. The second-order valence-electron chi connectivity index (χ2n) is 3.69. The van der Waals surface area contributed by atoms with Crippen molar-refractivity contribution in [3.05, 3.63) is 48.0 Å². The number of aliphatic hydroxyl groups is 1. The van der Waals surface area contributed by atoms with E-state index in [1.165, 1.54) is 36.1 Å². The maximum atomic E-state index is 12.7. The van der Waals surface area contributed by atoms with Gasteiger partial charge in [-0.3, -0.25) is 4.79 Å². The largest absolute Gasteiger partial charge is 0.385 e. The number of benzene rings is 1. The first-order chi connectivity index (χ1) is 8.08. The summed E-state index contributed by atoms with van der Waals surface area (Å²) in [7, 11) is 0. The van der Waals surface area contributed by atoms with Gasteiger partial charge in [0, 0.05) is 6.20 Å². The molecule has 0 spiro atoms. The molecule has 1 N–H and O–H groups in total. The number of hydrogen-bond acceptors (Lipinski definition) is 3. The summed E-state index contributed by atoms with van der Waals surface area (Å²) in [4.78, 5) is 11.5. The van der Waals surface area contributed by atoms with Crippen LogP contribution in [0.25, 0.3) is 5.69 Å². The molecule has 0 aliphatic heterocycles. The Morgan fingerprint density at radius 3 is 2.65 bits per heavy atom. The highest BCUT2D eigenvalue weighted by Crippen LogP contribution is 2.10. The molecule has 0 aliphatic rings. The number of Topliss-reactive ketones (excluding diaryl/α,β-unsaturated/α-hetero) is 1. The van der Waals surface area contributed by atoms with Crippen molar-refractivity contribution in [3.63, 3.8) is 0 Å². The summed E-state index contributed by atoms with van der Waals surface area (Å²) >= 11 is 0. The van der Waals surface area contributed by atoms with Crippen LogP contribution in [-0.2, 0) is 0 Å². The van der Waals surface area contributed by atoms with E-state index in [1.807, 2.05) is 0 Å². The zero-order valence-electron chi connectivity index (χ0n) is 9.17. The second kappa shape index (κ2) is 4.47. The van der Waals surface area contributed by atoms with Crippen molar-refractivity contribution in [1.29, 1.82) is 0 Å². The Bertz CT molecular complexity index is 532. The van der Waals surface area contributed by atoms with Crippen LogP contribution < -0.4 is 0 Å². The van der Waals surface area contributed by atoms with Gasteiger partial charge in [0.1, 0.15) is 11.9 Å². The average Bonchev–Trinajstić information content (AvgIpc) is 2.78. The molecule has 4 nitrogen and oxygen atoms in total. The molecule has 0 unspecified atom stereocenters. The minimum atomic E-state index is -1.05. The first-order valence-corrected chi connectivity index (χ1v) is 5.11. The van der Waals surface area contributed by atoms with Gasteiger partial charge in [0.05, 0.1) is 17.4 Å². The third-order valence-corrected chi connectivity index (χ3v) is 2.34. The van der Waals surface area contributed by atoms with Crippen LogP contribution >= 0.6 is 0 Å². The lowest BCUT2D eigenvalue weighted by Gasteiger charge is -2.00. The second-order valence-corrected chi connectivity index (χ2v) is 3.69. The maximum Gasteiger partial charge on any atom is 0.194 e. The summed E-state index contributed by atoms with van der Waals surface area (Å²) in [5.74, 6) is -0.723. The molecule has 2 rings (SSSR count). The highest BCUT2D eigenvalue weighted by Gasteiger charge is 2.14. The number of carbonyl (C=O) groups excluding carboxylic acids is 1. The normalized spacial score (nSPS) is 12.4. The number of aliphatic hydroxyl groups excluding tert-OH is 1. The molecule has 88 valence electrons. The number of ketones is 1. The van der Waals surface area contributed by atoms with Crippen LogP contribution in [0.15, 0.2) is 36.7 Å². The molecule has 1 heterocycles. The predicted octanol–water partition coefficient (Wildman–Crippen LogP) is 1.57. The number of aromatic nitrogens is 2. The van der Waals surface area contributed by atoms with Crippen molar-refractivity contribution < 1.29 is 14.3 Å². The van der Waals surface area contributed by atoms with Gasteiger partial charge in [-0.25, -0.2) is 9.07 Å². The van der Waals surface area contributed by atoms with E-state index in [0.717, 1.165) is 0 Å². The van der Waals surface area contributed by atoms with Gasteiger partial charge in [-0.2, -0.15) is 5.10 Å². The molecule has 0 amide bonds. The van der Waals surface area contributed by atoms with Crippen molar-refractivity contribution in [2.45, 2.75) is 13.0 Å². The molecule has 0 saturated heterocycles. The van der Waals surface area contributed by atoms with E-state index in [4.69, 9.17) is 5.11 Å². The van der Waals surface area contributed by atoms with Crippen molar-refractivity contribution in [2.75, 3.05) is 0 Å². The number of nitrogens with zero attached hydrogens (tertiary/aromatic N) is 2. The van der Waals surface area contributed by atoms with Crippen LogP contribution in [0.2, 0.25) is 0 Å². The number of halogens is 1. The third-order valence-electron chi connectivity index (χ3n) is 2.34. The summed E-state index contributed by atoms with van der Waals surface area (Å²) in [5.41, 5.74) is 0.973. The van der Waals surface area contributed by atoms with Crippen LogP contribution in [0.3, 0.4) is 0 Å². The van der Waals surface area contributed by atoms with Crippen LogP contribution in [-0.4, -0.2) is 26.8 Å². The monoisotopic (exact) mass is 234 g/mol. The van der Waals surface area contributed by atoms with Crippen molar-refractivity contribution in [3.8, 4) is 5.69 Å². The minimum absolute atomic E-state index is 0.323. The number of hydrogen-bond donors (Lipinski definition) is 1. The summed E-state index contributed by atoms with van der Waals surface area (Å²) in [5, 5.41) is 13.1. The van der Waals surface area contributed by atoms with E-state index in [1.54, 1.807) is 12.1 Å². The van der Waals surface area contributed by atoms with E-state index in [0.29, 0.717) is 11.3 Å². The summed E-state index contributed by atoms with van der Waals surface area (Å²) in [6.07, 6.45) is 1.82. The minimum Gasteiger partial charge on any atom is -0.385 e. The molecule has 1 aromatic carbocycles. The van der Waals surface area contributed by atoms with Crippen molar-refractivity contribution in [1.82, 2.24) is 9.78 Å². The van der Waals surface area contributed by atoms with Crippen LogP contribution in [0.1, 0.15) is 17.3 Å². The van der Waals surface area contributed by atoms with Gasteiger partial charge in [-0.05, 0) is 31.2 Å². The first kappa shape index (κ1) is 11.5. The Morgan fingerprint density at radius 2 is 2.06 bits per heavy atom. The van der Waals surface area contributed by atoms with Gasteiger partial charge < -0.3 is 5.11 Å². The molecule has 1 aromatic heterocycles. The number of rotatable bonds is 3. The summed E-state index contributed by atoms with van der Waals surface area (Å²) in [6.45, 7) is 1.40. The summed E-state index contributed by atoms with van der Waals surface area (Å²) in [6, 6.07) is 5.73. The quantitative estimate of drug-likeness (QED) is 0.820. The van der Waals surface area contributed by atoms with Crippen LogP contribution in [0, 0.1) is 5.82 Å². The molecule has 17 heavy (non-hydrogen) atoms. The van der Waals surface area contributed by atoms with Crippen LogP contribution in [0.5, 0.6) is 0 Å². The predicted molar refractivity (Wildman–Crippen MR) is 59.5 cm³/mol. The highest BCUT2D eigenvalue weighted by molar-refractivity contribution is 5.98. The number of carbonyl (C=O) groups is 1. The highest BCUT2D eigenvalue weighted by atomic mass is 19.1. The Kier molecular flexibility index (Phi) is 3.01. The Morgan fingerprint density at radius 1 is 1.41 bits per heavy atom.